The van der Waals surface area contributed by atoms with Crippen molar-refractivity contribution in [2.75, 3.05) is 5.32 Å². The standard InChI is InChI=1S/C17H19N3O4S/c1-11(2)24-13-8-14(10-18-9-13)25(22,23)20-16-7-12-5-3-4-6-15(12)19-17(16)21/h3-6,8-11,16,20H,7H2,1-2H3,(H,19,21). The number of para-hydroxylation sites is 1. The number of aromatic nitrogens is 1. The van der Waals surface area contributed by atoms with Crippen LogP contribution in [0.5, 0.6) is 5.75 Å². The summed E-state index contributed by atoms with van der Waals surface area (Å²) >= 11 is 0. The molecule has 1 aliphatic heterocycles. The predicted octanol–water partition coefficient (Wildman–Crippen LogP) is 1.71. The van der Waals surface area contributed by atoms with E-state index in [1.54, 1.807) is 6.07 Å². The number of amides is 1. The number of ether oxygens (including phenoxy) is 1. The maximum Gasteiger partial charge on any atom is 0.242 e. The van der Waals surface area contributed by atoms with Crippen molar-refractivity contribution in [3.8, 4) is 5.75 Å². The largest absolute Gasteiger partial charge is 0.489 e. The minimum atomic E-state index is -3.91. The second-order valence-electron chi connectivity index (χ2n) is 6.05. The van der Waals surface area contributed by atoms with E-state index in [2.05, 4.69) is 15.0 Å². The Hall–Kier alpha value is -2.45. The molecule has 0 saturated heterocycles. The Kier molecular flexibility index (Phi) is 4.73. The first-order chi connectivity index (χ1) is 11.8. The third-order valence-corrected chi connectivity index (χ3v) is 5.12. The number of nitrogens with one attached hydrogen (secondary N) is 2. The second-order valence-corrected chi connectivity index (χ2v) is 7.76. The lowest BCUT2D eigenvalue weighted by Gasteiger charge is -2.25. The van der Waals surface area contributed by atoms with E-state index in [-0.39, 0.29) is 23.3 Å². The third kappa shape index (κ3) is 3.97. The molecule has 3 rings (SSSR count). The van der Waals surface area contributed by atoms with Crippen LogP contribution in [0.25, 0.3) is 0 Å². The summed E-state index contributed by atoms with van der Waals surface area (Å²) in [6.07, 6.45) is 2.86. The van der Waals surface area contributed by atoms with Gasteiger partial charge >= 0.3 is 0 Å². The molecular formula is C17H19N3O4S. The molecule has 7 nitrogen and oxygen atoms in total. The molecule has 1 amide bonds. The second kappa shape index (κ2) is 6.81. The number of hydrogen-bond donors (Lipinski definition) is 2. The van der Waals surface area contributed by atoms with Gasteiger partial charge in [-0.05, 0) is 31.9 Å². The lowest BCUT2D eigenvalue weighted by atomic mass is 10.00. The number of carbonyl (C=O) groups excluding carboxylic acids is 1. The molecule has 0 bridgehead atoms. The molecule has 132 valence electrons. The molecular weight excluding hydrogens is 342 g/mol. The van der Waals surface area contributed by atoms with Crippen molar-refractivity contribution in [2.45, 2.75) is 37.3 Å². The number of rotatable bonds is 5. The van der Waals surface area contributed by atoms with Crippen molar-refractivity contribution in [1.82, 2.24) is 9.71 Å². The number of carbonyl (C=O) groups is 1. The van der Waals surface area contributed by atoms with Crippen molar-refractivity contribution in [1.29, 1.82) is 0 Å². The van der Waals surface area contributed by atoms with E-state index in [0.29, 0.717) is 11.4 Å². The zero-order chi connectivity index (χ0) is 18.0. The van der Waals surface area contributed by atoms with E-state index in [1.807, 2.05) is 32.0 Å². The zero-order valence-corrected chi connectivity index (χ0v) is 14.7. The molecule has 0 aliphatic carbocycles. The van der Waals surface area contributed by atoms with Crippen LogP contribution in [0.3, 0.4) is 0 Å². The van der Waals surface area contributed by atoms with Crippen LogP contribution in [0.2, 0.25) is 0 Å². The molecule has 2 heterocycles. The van der Waals surface area contributed by atoms with E-state index >= 15 is 0 Å². The molecule has 0 fully saturated rings. The zero-order valence-electron chi connectivity index (χ0n) is 13.9. The smallest absolute Gasteiger partial charge is 0.242 e. The monoisotopic (exact) mass is 361 g/mol. The van der Waals surface area contributed by atoms with Crippen LogP contribution in [-0.4, -0.2) is 31.5 Å². The van der Waals surface area contributed by atoms with Gasteiger partial charge in [-0.25, -0.2) is 8.42 Å². The normalized spacial score (nSPS) is 17.1. The molecule has 1 aliphatic rings. The van der Waals surface area contributed by atoms with Crippen molar-refractivity contribution in [3.05, 3.63) is 48.3 Å². The van der Waals surface area contributed by atoms with Crippen LogP contribution >= 0.6 is 0 Å². The van der Waals surface area contributed by atoms with Crippen LogP contribution < -0.4 is 14.8 Å². The fourth-order valence-corrected chi connectivity index (χ4v) is 3.76. The molecule has 1 aromatic heterocycles. The number of benzene rings is 1. The Balaban J connectivity index is 1.81. The quantitative estimate of drug-likeness (QED) is 0.845. The average Bonchev–Trinajstić information content (AvgIpc) is 2.55. The van der Waals surface area contributed by atoms with Gasteiger partial charge in [-0.15, -0.1) is 0 Å². The summed E-state index contributed by atoms with van der Waals surface area (Å²) in [5.41, 5.74) is 1.58. The van der Waals surface area contributed by atoms with Gasteiger partial charge in [-0.1, -0.05) is 18.2 Å². The first-order valence-electron chi connectivity index (χ1n) is 7.88. The molecule has 1 unspecified atom stereocenters. The van der Waals surface area contributed by atoms with Gasteiger partial charge in [-0.2, -0.15) is 4.72 Å². The average molecular weight is 361 g/mol. The number of sulfonamides is 1. The lowest BCUT2D eigenvalue weighted by molar-refractivity contribution is -0.118. The summed E-state index contributed by atoms with van der Waals surface area (Å²) in [5.74, 6) is -0.0267. The van der Waals surface area contributed by atoms with Crippen molar-refractivity contribution < 1.29 is 17.9 Å². The highest BCUT2D eigenvalue weighted by atomic mass is 32.2. The Morgan fingerprint density at radius 1 is 1.28 bits per heavy atom. The summed E-state index contributed by atoms with van der Waals surface area (Å²) < 4.78 is 33.1. The van der Waals surface area contributed by atoms with Gasteiger partial charge < -0.3 is 10.1 Å². The molecule has 8 heteroatoms. The summed E-state index contributed by atoms with van der Waals surface area (Å²) in [5, 5.41) is 2.72. The molecule has 0 spiro atoms. The van der Waals surface area contributed by atoms with Crippen LogP contribution in [0.1, 0.15) is 19.4 Å². The number of fused-ring (bicyclic) bond motifs is 1. The van der Waals surface area contributed by atoms with Crippen molar-refractivity contribution in [3.63, 3.8) is 0 Å². The van der Waals surface area contributed by atoms with Gasteiger partial charge in [0.2, 0.25) is 15.9 Å². The fraction of sp³-hybridized carbons (Fsp3) is 0.294. The summed E-state index contributed by atoms with van der Waals surface area (Å²) in [4.78, 5) is 16.1. The molecule has 2 aromatic rings. The topological polar surface area (TPSA) is 97.4 Å². The van der Waals surface area contributed by atoms with Gasteiger partial charge in [0.05, 0.1) is 12.3 Å². The van der Waals surface area contributed by atoms with Crippen LogP contribution in [0.15, 0.2) is 47.6 Å². The molecule has 1 aromatic carbocycles. The Labute approximate surface area is 146 Å². The molecule has 0 saturated carbocycles. The van der Waals surface area contributed by atoms with Crippen LogP contribution in [0, 0.1) is 0 Å². The van der Waals surface area contributed by atoms with E-state index in [9.17, 15) is 13.2 Å². The maximum atomic E-state index is 12.6. The van der Waals surface area contributed by atoms with Crippen molar-refractivity contribution >= 4 is 21.6 Å². The maximum absolute atomic E-state index is 12.6. The van der Waals surface area contributed by atoms with Gasteiger partial charge in [0.15, 0.2) is 0 Å². The highest BCUT2D eigenvalue weighted by Crippen LogP contribution is 2.23. The highest BCUT2D eigenvalue weighted by Gasteiger charge is 2.30. The number of anilines is 1. The summed E-state index contributed by atoms with van der Waals surface area (Å²) in [6, 6.07) is 7.82. The molecule has 25 heavy (non-hydrogen) atoms. The van der Waals surface area contributed by atoms with Gasteiger partial charge in [0.25, 0.3) is 0 Å². The highest BCUT2D eigenvalue weighted by molar-refractivity contribution is 7.89. The third-order valence-electron chi connectivity index (χ3n) is 3.68. The van der Waals surface area contributed by atoms with Gasteiger partial charge in [0.1, 0.15) is 16.7 Å². The minimum absolute atomic E-state index is 0.0442. The first-order valence-corrected chi connectivity index (χ1v) is 9.36. The number of pyridine rings is 1. The SMILES string of the molecule is CC(C)Oc1cncc(S(=O)(=O)NC2Cc3ccccc3NC2=O)c1. The minimum Gasteiger partial charge on any atom is -0.489 e. The number of nitrogens with zero attached hydrogens (tertiary/aromatic N) is 1. The van der Waals surface area contributed by atoms with E-state index in [0.717, 1.165) is 5.56 Å². The Morgan fingerprint density at radius 3 is 2.80 bits per heavy atom. The van der Waals surface area contributed by atoms with E-state index < -0.39 is 16.1 Å². The molecule has 2 N–H and O–H groups in total. The predicted molar refractivity (Wildman–Crippen MR) is 92.9 cm³/mol. The van der Waals surface area contributed by atoms with E-state index in [4.69, 9.17) is 4.74 Å². The lowest BCUT2D eigenvalue weighted by Crippen LogP contribution is -2.47. The fourth-order valence-electron chi connectivity index (χ4n) is 2.59. The first kappa shape index (κ1) is 17.4. The van der Waals surface area contributed by atoms with Crippen LogP contribution in [-0.2, 0) is 21.2 Å². The van der Waals surface area contributed by atoms with Gasteiger partial charge in [-0.3, -0.25) is 9.78 Å². The molecule has 1 atom stereocenters. The number of hydrogen-bond acceptors (Lipinski definition) is 5. The summed E-state index contributed by atoms with van der Waals surface area (Å²) in [6.45, 7) is 3.67. The van der Waals surface area contributed by atoms with Crippen molar-refractivity contribution in [2.24, 2.45) is 0 Å². The summed E-state index contributed by atoms with van der Waals surface area (Å²) in [7, 11) is -3.91. The Bertz CT molecular complexity index is 896. The molecule has 0 radical (unpaired) electrons. The Morgan fingerprint density at radius 2 is 2.04 bits per heavy atom. The van der Waals surface area contributed by atoms with Crippen LogP contribution in [0.4, 0.5) is 5.69 Å². The van der Waals surface area contributed by atoms with E-state index in [1.165, 1.54) is 18.5 Å². The van der Waals surface area contributed by atoms with Gasteiger partial charge in [0, 0.05) is 18.0 Å².